The molecule has 0 N–H and O–H groups in total. The maximum atomic E-state index is 12.5. The molecule has 0 bridgehead atoms. The van der Waals surface area contributed by atoms with Gasteiger partial charge in [-0.25, -0.2) is 4.98 Å². The molecule has 1 aromatic heterocycles. The summed E-state index contributed by atoms with van der Waals surface area (Å²) >= 11 is 0. The van der Waals surface area contributed by atoms with Gasteiger partial charge in [0.15, 0.2) is 0 Å². The van der Waals surface area contributed by atoms with E-state index < -0.39 is 0 Å². The lowest BCUT2D eigenvalue weighted by atomic mass is 10.00. The summed E-state index contributed by atoms with van der Waals surface area (Å²) in [6.07, 6.45) is 7.65. The van der Waals surface area contributed by atoms with E-state index in [1.807, 2.05) is 17.3 Å². The zero-order valence-corrected chi connectivity index (χ0v) is 15.5. The number of hydrogen-bond acceptors (Lipinski definition) is 2. The van der Waals surface area contributed by atoms with Gasteiger partial charge in [0.05, 0.1) is 6.54 Å². The number of amides is 1. The van der Waals surface area contributed by atoms with E-state index in [4.69, 9.17) is 0 Å². The van der Waals surface area contributed by atoms with Crippen molar-refractivity contribution in [1.29, 1.82) is 0 Å². The molecular formula is C21H27N3O. The normalized spacial score (nSPS) is 13.7. The van der Waals surface area contributed by atoms with Crippen LogP contribution >= 0.6 is 0 Å². The molecule has 0 radical (unpaired) electrons. The van der Waals surface area contributed by atoms with E-state index in [2.05, 4.69) is 49.0 Å². The molecule has 2 aromatic rings. The van der Waals surface area contributed by atoms with Crippen LogP contribution in [0.2, 0.25) is 0 Å². The third kappa shape index (κ3) is 4.01. The fraction of sp³-hybridized carbons (Fsp3) is 0.429. The van der Waals surface area contributed by atoms with Gasteiger partial charge in [0.2, 0.25) is 5.91 Å². The molecule has 0 saturated heterocycles. The Morgan fingerprint density at radius 1 is 1.32 bits per heavy atom. The van der Waals surface area contributed by atoms with Crippen LogP contribution in [0.15, 0.2) is 37.2 Å². The molecule has 1 heterocycles. The highest BCUT2D eigenvalue weighted by Crippen LogP contribution is 2.31. The molecule has 1 aliphatic carbocycles. The molecule has 4 nitrogen and oxygen atoms in total. The first kappa shape index (κ1) is 17.5. The molecule has 25 heavy (non-hydrogen) atoms. The van der Waals surface area contributed by atoms with Crippen molar-refractivity contribution >= 4 is 5.91 Å². The predicted molar refractivity (Wildman–Crippen MR) is 100 cm³/mol. The van der Waals surface area contributed by atoms with E-state index in [9.17, 15) is 4.79 Å². The SMILES string of the molecule is C=CCN(Cc1nccn1Cc1c(C)cc(C)cc1C)C(=O)C1CC1. The summed E-state index contributed by atoms with van der Waals surface area (Å²) < 4.78 is 2.15. The number of imidazole rings is 1. The van der Waals surface area contributed by atoms with Gasteiger partial charge in [-0.2, -0.15) is 0 Å². The Labute approximate surface area is 150 Å². The molecule has 0 atom stereocenters. The van der Waals surface area contributed by atoms with Gasteiger partial charge in [-0.05, 0) is 50.3 Å². The summed E-state index contributed by atoms with van der Waals surface area (Å²) in [7, 11) is 0. The number of nitrogens with zero attached hydrogens (tertiary/aromatic N) is 3. The fourth-order valence-electron chi connectivity index (χ4n) is 3.41. The van der Waals surface area contributed by atoms with Crippen LogP contribution in [0, 0.1) is 26.7 Å². The van der Waals surface area contributed by atoms with E-state index in [-0.39, 0.29) is 11.8 Å². The summed E-state index contributed by atoms with van der Waals surface area (Å²) in [5, 5.41) is 0. The molecular weight excluding hydrogens is 310 g/mol. The number of hydrogen-bond donors (Lipinski definition) is 0. The summed E-state index contributed by atoms with van der Waals surface area (Å²) in [5.74, 6) is 1.37. The van der Waals surface area contributed by atoms with Gasteiger partial charge in [-0.15, -0.1) is 6.58 Å². The first-order valence-corrected chi connectivity index (χ1v) is 8.96. The quantitative estimate of drug-likeness (QED) is 0.721. The summed E-state index contributed by atoms with van der Waals surface area (Å²) in [4.78, 5) is 18.9. The third-order valence-corrected chi connectivity index (χ3v) is 4.89. The predicted octanol–water partition coefficient (Wildman–Crippen LogP) is 3.78. The third-order valence-electron chi connectivity index (χ3n) is 4.89. The number of rotatable bonds is 7. The summed E-state index contributed by atoms with van der Waals surface area (Å²) in [6.45, 7) is 12.1. The van der Waals surface area contributed by atoms with Crippen LogP contribution in [0.3, 0.4) is 0 Å². The number of carbonyl (C=O) groups excluding carboxylic acids is 1. The van der Waals surface area contributed by atoms with Crippen LogP contribution in [-0.4, -0.2) is 26.9 Å². The van der Waals surface area contributed by atoms with Crippen LogP contribution in [-0.2, 0) is 17.9 Å². The minimum Gasteiger partial charge on any atom is -0.331 e. The number of aromatic nitrogens is 2. The minimum atomic E-state index is 0.213. The lowest BCUT2D eigenvalue weighted by Gasteiger charge is -2.22. The fourth-order valence-corrected chi connectivity index (χ4v) is 3.41. The molecule has 0 spiro atoms. The van der Waals surface area contributed by atoms with Gasteiger partial charge in [0.1, 0.15) is 5.82 Å². The van der Waals surface area contributed by atoms with Crippen molar-refractivity contribution < 1.29 is 4.79 Å². The van der Waals surface area contributed by atoms with Gasteiger partial charge in [-0.3, -0.25) is 4.79 Å². The molecule has 0 aliphatic heterocycles. The van der Waals surface area contributed by atoms with Gasteiger partial charge >= 0.3 is 0 Å². The average Bonchev–Trinajstić information content (AvgIpc) is 3.31. The highest BCUT2D eigenvalue weighted by molar-refractivity contribution is 5.81. The van der Waals surface area contributed by atoms with E-state index in [0.29, 0.717) is 13.1 Å². The monoisotopic (exact) mass is 337 g/mol. The Balaban J connectivity index is 1.80. The second-order valence-electron chi connectivity index (χ2n) is 7.13. The largest absolute Gasteiger partial charge is 0.331 e. The van der Waals surface area contributed by atoms with E-state index in [1.165, 1.54) is 22.3 Å². The van der Waals surface area contributed by atoms with Crippen LogP contribution in [0.1, 0.15) is 40.9 Å². The Morgan fingerprint density at radius 3 is 2.60 bits per heavy atom. The standard InChI is InChI=1S/C21H27N3O/c1-5-9-24(21(25)18-6-7-18)14-20-22-8-10-23(20)13-19-16(3)11-15(2)12-17(19)4/h5,8,10-12,18H,1,6-7,9,13-14H2,2-4H3. The topological polar surface area (TPSA) is 38.1 Å². The van der Waals surface area contributed by atoms with Crippen molar-refractivity contribution in [3.8, 4) is 0 Å². The molecule has 1 saturated carbocycles. The minimum absolute atomic E-state index is 0.213. The first-order valence-electron chi connectivity index (χ1n) is 8.96. The molecule has 0 unspecified atom stereocenters. The zero-order valence-electron chi connectivity index (χ0n) is 15.5. The van der Waals surface area contributed by atoms with Crippen molar-refractivity contribution in [1.82, 2.24) is 14.5 Å². The Hall–Kier alpha value is -2.36. The van der Waals surface area contributed by atoms with Crippen LogP contribution < -0.4 is 0 Å². The number of benzene rings is 1. The molecule has 1 amide bonds. The van der Waals surface area contributed by atoms with E-state index in [1.54, 1.807) is 6.08 Å². The molecule has 3 rings (SSSR count). The molecule has 132 valence electrons. The Kier molecular flexibility index (Phi) is 5.07. The maximum absolute atomic E-state index is 12.5. The second-order valence-corrected chi connectivity index (χ2v) is 7.13. The Morgan fingerprint density at radius 2 is 2.00 bits per heavy atom. The summed E-state index contributed by atoms with van der Waals surface area (Å²) in [6, 6.07) is 4.44. The van der Waals surface area contributed by atoms with Crippen LogP contribution in [0.4, 0.5) is 0 Å². The molecule has 1 fully saturated rings. The maximum Gasteiger partial charge on any atom is 0.226 e. The molecule has 4 heteroatoms. The van der Waals surface area contributed by atoms with E-state index in [0.717, 1.165) is 25.2 Å². The van der Waals surface area contributed by atoms with Crippen molar-refractivity contribution in [2.75, 3.05) is 6.54 Å². The number of carbonyl (C=O) groups is 1. The van der Waals surface area contributed by atoms with E-state index >= 15 is 0 Å². The van der Waals surface area contributed by atoms with Gasteiger partial charge < -0.3 is 9.47 Å². The molecule has 1 aliphatic rings. The molecule has 1 aromatic carbocycles. The van der Waals surface area contributed by atoms with Gasteiger partial charge in [-0.1, -0.05) is 23.8 Å². The first-order chi connectivity index (χ1) is 12.0. The number of aryl methyl sites for hydroxylation is 3. The van der Waals surface area contributed by atoms with Crippen LogP contribution in [0.5, 0.6) is 0 Å². The Bertz CT molecular complexity index is 763. The van der Waals surface area contributed by atoms with Crippen molar-refractivity contribution in [2.45, 2.75) is 46.7 Å². The van der Waals surface area contributed by atoms with Crippen LogP contribution in [0.25, 0.3) is 0 Å². The van der Waals surface area contributed by atoms with Crippen molar-refractivity contribution in [3.63, 3.8) is 0 Å². The van der Waals surface area contributed by atoms with Crippen molar-refractivity contribution in [2.24, 2.45) is 5.92 Å². The van der Waals surface area contributed by atoms with Crippen molar-refractivity contribution in [3.05, 3.63) is 65.3 Å². The summed E-state index contributed by atoms with van der Waals surface area (Å²) in [5.41, 5.74) is 5.22. The smallest absolute Gasteiger partial charge is 0.226 e. The lowest BCUT2D eigenvalue weighted by Crippen LogP contribution is -2.33. The zero-order chi connectivity index (χ0) is 18.0. The highest BCUT2D eigenvalue weighted by atomic mass is 16.2. The highest BCUT2D eigenvalue weighted by Gasteiger charge is 2.33. The second kappa shape index (κ2) is 7.26. The average molecular weight is 337 g/mol. The van der Waals surface area contributed by atoms with Gasteiger partial charge in [0.25, 0.3) is 0 Å². The van der Waals surface area contributed by atoms with Gasteiger partial charge in [0, 0.05) is 31.4 Å². The lowest BCUT2D eigenvalue weighted by molar-refractivity contribution is -0.132.